The molecule has 0 bridgehead atoms. The standard InChI is InChI=1S/C14H20N4/c1-10(2)18-8-5-11(6-9-18)13-16-12-4-3-7-15-14(12)17-13/h3-4,7,10-11H,5-6,8-9H2,1-2H3,(H,15,16,17). The van der Waals surface area contributed by atoms with Gasteiger partial charge in [-0.25, -0.2) is 9.97 Å². The van der Waals surface area contributed by atoms with Gasteiger partial charge in [0.1, 0.15) is 5.82 Å². The maximum absolute atomic E-state index is 4.62. The lowest BCUT2D eigenvalue weighted by molar-refractivity contribution is 0.170. The Morgan fingerprint density at radius 2 is 2.11 bits per heavy atom. The van der Waals surface area contributed by atoms with E-state index in [1.165, 1.54) is 25.9 Å². The van der Waals surface area contributed by atoms with Crippen LogP contribution in [0.4, 0.5) is 0 Å². The Bertz CT molecular complexity index is 490. The van der Waals surface area contributed by atoms with Crippen LogP contribution in [0.15, 0.2) is 18.3 Å². The fourth-order valence-electron chi connectivity index (χ4n) is 2.75. The molecule has 96 valence electrons. The molecule has 3 heterocycles. The van der Waals surface area contributed by atoms with E-state index in [4.69, 9.17) is 0 Å². The molecule has 1 aliphatic heterocycles. The van der Waals surface area contributed by atoms with E-state index in [0.29, 0.717) is 12.0 Å². The Balaban J connectivity index is 1.76. The van der Waals surface area contributed by atoms with Crippen LogP contribution in [0.25, 0.3) is 11.2 Å². The van der Waals surface area contributed by atoms with Crippen LogP contribution >= 0.6 is 0 Å². The molecule has 0 atom stereocenters. The van der Waals surface area contributed by atoms with Gasteiger partial charge in [-0.2, -0.15) is 0 Å². The fraction of sp³-hybridized carbons (Fsp3) is 0.571. The number of aromatic nitrogens is 3. The van der Waals surface area contributed by atoms with Crippen LogP contribution in [0.3, 0.4) is 0 Å². The topological polar surface area (TPSA) is 44.8 Å². The molecule has 0 saturated carbocycles. The van der Waals surface area contributed by atoms with E-state index in [-0.39, 0.29) is 0 Å². The van der Waals surface area contributed by atoms with Gasteiger partial charge in [0.05, 0.1) is 5.52 Å². The van der Waals surface area contributed by atoms with Crippen molar-refractivity contribution in [1.82, 2.24) is 19.9 Å². The highest BCUT2D eigenvalue weighted by atomic mass is 15.2. The lowest BCUT2D eigenvalue weighted by Gasteiger charge is -2.33. The third-order valence-electron chi connectivity index (χ3n) is 3.92. The summed E-state index contributed by atoms with van der Waals surface area (Å²) in [4.78, 5) is 14.9. The van der Waals surface area contributed by atoms with Gasteiger partial charge in [-0.1, -0.05) is 0 Å². The van der Waals surface area contributed by atoms with Crippen molar-refractivity contribution in [1.29, 1.82) is 0 Å². The zero-order chi connectivity index (χ0) is 12.5. The van der Waals surface area contributed by atoms with Crippen molar-refractivity contribution in [3.05, 3.63) is 24.2 Å². The van der Waals surface area contributed by atoms with Crippen molar-refractivity contribution in [3.8, 4) is 0 Å². The van der Waals surface area contributed by atoms with E-state index >= 15 is 0 Å². The summed E-state index contributed by atoms with van der Waals surface area (Å²) in [5, 5.41) is 0. The van der Waals surface area contributed by atoms with Gasteiger partial charge in [0.25, 0.3) is 0 Å². The maximum Gasteiger partial charge on any atom is 0.177 e. The van der Waals surface area contributed by atoms with Crippen molar-refractivity contribution >= 4 is 11.2 Å². The molecule has 0 amide bonds. The highest BCUT2D eigenvalue weighted by molar-refractivity contribution is 5.70. The monoisotopic (exact) mass is 244 g/mol. The molecule has 4 nitrogen and oxygen atoms in total. The summed E-state index contributed by atoms with van der Waals surface area (Å²) >= 11 is 0. The van der Waals surface area contributed by atoms with E-state index in [9.17, 15) is 0 Å². The number of hydrogen-bond acceptors (Lipinski definition) is 3. The van der Waals surface area contributed by atoms with E-state index < -0.39 is 0 Å². The molecule has 1 aliphatic rings. The van der Waals surface area contributed by atoms with Crippen LogP contribution in [-0.4, -0.2) is 39.0 Å². The third kappa shape index (κ3) is 2.12. The first-order valence-corrected chi connectivity index (χ1v) is 6.78. The van der Waals surface area contributed by atoms with Gasteiger partial charge < -0.3 is 9.88 Å². The molecule has 18 heavy (non-hydrogen) atoms. The van der Waals surface area contributed by atoms with Crippen molar-refractivity contribution in [2.24, 2.45) is 0 Å². The van der Waals surface area contributed by atoms with Crippen molar-refractivity contribution in [2.75, 3.05) is 13.1 Å². The Hall–Kier alpha value is -1.42. The van der Waals surface area contributed by atoms with Gasteiger partial charge in [0, 0.05) is 18.2 Å². The number of aromatic amines is 1. The second-order valence-electron chi connectivity index (χ2n) is 5.40. The molecular weight excluding hydrogens is 224 g/mol. The van der Waals surface area contributed by atoms with Gasteiger partial charge in [-0.3, -0.25) is 0 Å². The van der Waals surface area contributed by atoms with Crippen molar-refractivity contribution in [3.63, 3.8) is 0 Å². The molecule has 0 aromatic carbocycles. The van der Waals surface area contributed by atoms with E-state index in [2.05, 4.69) is 33.7 Å². The molecule has 0 radical (unpaired) electrons. The Labute approximate surface area is 107 Å². The van der Waals surface area contributed by atoms with E-state index in [1.807, 2.05) is 12.1 Å². The molecule has 4 heteroatoms. The average Bonchev–Trinajstić information content (AvgIpc) is 2.82. The van der Waals surface area contributed by atoms with Gasteiger partial charge in [0.2, 0.25) is 0 Å². The fourth-order valence-corrected chi connectivity index (χ4v) is 2.75. The minimum absolute atomic E-state index is 0.564. The summed E-state index contributed by atoms with van der Waals surface area (Å²) in [7, 11) is 0. The SMILES string of the molecule is CC(C)N1CCC(c2nc3ncccc3[nH]2)CC1. The Morgan fingerprint density at radius 3 is 2.78 bits per heavy atom. The Kier molecular flexibility index (Phi) is 3.04. The molecule has 0 unspecified atom stereocenters. The first kappa shape index (κ1) is 11.7. The van der Waals surface area contributed by atoms with Gasteiger partial charge >= 0.3 is 0 Å². The average molecular weight is 244 g/mol. The number of rotatable bonds is 2. The molecule has 2 aromatic rings. The summed E-state index contributed by atoms with van der Waals surface area (Å²) in [5.41, 5.74) is 1.90. The smallest absolute Gasteiger partial charge is 0.177 e. The first-order valence-electron chi connectivity index (χ1n) is 6.78. The van der Waals surface area contributed by atoms with Crippen LogP contribution in [-0.2, 0) is 0 Å². The highest BCUT2D eigenvalue weighted by Crippen LogP contribution is 2.27. The molecule has 1 N–H and O–H groups in total. The predicted octanol–water partition coefficient (Wildman–Crippen LogP) is 2.55. The number of likely N-dealkylation sites (tertiary alicyclic amines) is 1. The Morgan fingerprint density at radius 1 is 1.33 bits per heavy atom. The first-order chi connectivity index (χ1) is 8.74. The second-order valence-corrected chi connectivity index (χ2v) is 5.40. The summed E-state index contributed by atoms with van der Waals surface area (Å²) in [6.07, 6.45) is 4.18. The molecule has 0 aliphatic carbocycles. The van der Waals surface area contributed by atoms with Gasteiger partial charge in [-0.05, 0) is 51.9 Å². The number of hydrogen-bond donors (Lipinski definition) is 1. The molecule has 3 rings (SSSR count). The quantitative estimate of drug-likeness (QED) is 0.883. The van der Waals surface area contributed by atoms with Gasteiger partial charge in [0.15, 0.2) is 5.65 Å². The highest BCUT2D eigenvalue weighted by Gasteiger charge is 2.24. The molecule has 1 saturated heterocycles. The van der Waals surface area contributed by atoms with Crippen molar-refractivity contribution in [2.45, 2.75) is 38.6 Å². The number of piperidine rings is 1. The van der Waals surface area contributed by atoms with Gasteiger partial charge in [-0.15, -0.1) is 0 Å². The van der Waals surface area contributed by atoms with Crippen LogP contribution < -0.4 is 0 Å². The van der Waals surface area contributed by atoms with E-state index in [0.717, 1.165) is 17.0 Å². The molecule has 1 fully saturated rings. The van der Waals surface area contributed by atoms with Crippen LogP contribution in [0.1, 0.15) is 38.4 Å². The summed E-state index contributed by atoms with van der Waals surface area (Å²) in [6, 6.07) is 4.65. The third-order valence-corrected chi connectivity index (χ3v) is 3.92. The second kappa shape index (κ2) is 4.69. The number of fused-ring (bicyclic) bond motifs is 1. The van der Waals surface area contributed by atoms with E-state index in [1.54, 1.807) is 6.20 Å². The maximum atomic E-state index is 4.62. The number of nitrogens with zero attached hydrogens (tertiary/aromatic N) is 3. The predicted molar refractivity (Wildman–Crippen MR) is 72.6 cm³/mol. The summed E-state index contributed by atoms with van der Waals surface area (Å²) in [5.74, 6) is 1.68. The zero-order valence-electron chi connectivity index (χ0n) is 11.1. The lowest BCUT2D eigenvalue weighted by atomic mass is 9.95. The summed E-state index contributed by atoms with van der Waals surface area (Å²) < 4.78 is 0. The molecular formula is C14H20N4. The number of H-pyrrole nitrogens is 1. The van der Waals surface area contributed by atoms with Crippen LogP contribution in [0.2, 0.25) is 0 Å². The van der Waals surface area contributed by atoms with Crippen LogP contribution in [0, 0.1) is 0 Å². The van der Waals surface area contributed by atoms with Crippen LogP contribution in [0.5, 0.6) is 0 Å². The minimum Gasteiger partial charge on any atom is -0.340 e. The van der Waals surface area contributed by atoms with Crippen molar-refractivity contribution < 1.29 is 0 Å². The largest absolute Gasteiger partial charge is 0.340 e. The number of nitrogens with one attached hydrogen (secondary N) is 1. The number of pyridine rings is 1. The zero-order valence-corrected chi connectivity index (χ0v) is 11.1. The summed E-state index contributed by atoms with van der Waals surface area (Å²) in [6.45, 7) is 6.89. The molecule has 0 spiro atoms. The normalized spacial score (nSPS) is 18.8. The minimum atomic E-state index is 0.564. The lowest BCUT2D eigenvalue weighted by Crippen LogP contribution is -2.38. The number of imidazole rings is 1. The molecule has 2 aromatic heterocycles.